The summed E-state index contributed by atoms with van der Waals surface area (Å²) in [6.45, 7) is 7.73. The van der Waals surface area contributed by atoms with Crippen molar-refractivity contribution in [1.29, 1.82) is 0 Å². The lowest BCUT2D eigenvalue weighted by atomic mass is 10.1. The van der Waals surface area contributed by atoms with Crippen molar-refractivity contribution in [2.75, 3.05) is 26.7 Å². The molecule has 0 saturated carbocycles. The summed E-state index contributed by atoms with van der Waals surface area (Å²) < 4.78 is 26.6. The van der Waals surface area contributed by atoms with Crippen LogP contribution in [0.2, 0.25) is 0 Å². The zero-order valence-electron chi connectivity index (χ0n) is 9.82. The molecular weight excluding hydrogens is 186 g/mol. The normalized spacial score (nSPS) is 13.7. The first-order valence-electron chi connectivity index (χ1n) is 4.99. The third-order valence-electron chi connectivity index (χ3n) is 2.25. The van der Waals surface area contributed by atoms with Crippen molar-refractivity contribution in [3.05, 3.63) is 0 Å². The minimum atomic E-state index is -2.65. The van der Waals surface area contributed by atoms with Gasteiger partial charge in [-0.2, -0.15) is 0 Å². The smallest absolute Gasteiger partial charge is 0.272 e. The summed E-state index contributed by atoms with van der Waals surface area (Å²) in [5.74, 6) is -2.65. The highest BCUT2D eigenvalue weighted by Gasteiger charge is 2.33. The molecule has 0 bridgehead atoms. The first kappa shape index (κ1) is 13.8. The average molecular weight is 208 g/mol. The van der Waals surface area contributed by atoms with Crippen LogP contribution in [0.3, 0.4) is 0 Å². The summed E-state index contributed by atoms with van der Waals surface area (Å²) in [6, 6.07) is 0. The predicted octanol–water partition coefficient (Wildman–Crippen LogP) is 1.96. The van der Waals surface area contributed by atoms with E-state index >= 15 is 0 Å². The Kier molecular flexibility index (Phi) is 4.95. The molecule has 0 aromatic carbocycles. The van der Waals surface area contributed by atoms with E-state index in [1.165, 1.54) is 0 Å². The Morgan fingerprint density at radius 3 is 2.07 bits per heavy atom. The second kappa shape index (κ2) is 5.03. The molecule has 0 aromatic rings. The van der Waals surface area contributed by atoms with Crippen LogP contribution in [0, 0.1) is 0 Å². The molecule has 0 aliphatic heterocycles. The van der Waals surface area contributed by atoms with Gasteiger partial charge >= 0.3 is 0 Å². The minimum Gasteiger partial charge on any atom is -0.311 e. The molecule has 0 aromatic heterocycles. The van der Waals surface area contributed by atoms with Crippen LogP contribution in [0.4, 0.5) is 8.78 Å². The van der Waals surface area contributed by atoms with Crippen molar-refractivity contribution in [3.63, 3.8) is 0 Å². The van der Waals surface area contributed by atoms with Crippen molar-refractivity contribution < 1.29 is 8.78 Å². The molecule has 0 heterocycles. The fraction of sp³-hybridized carbons (Fsp3) is 1.00. The van der Waals surface area contributed by atoms with Crippen LogP contribution < -0.4 is 5.32 Å². The third kappa shape index (κ3) is 5.50. The summed E-state index contributed by atoms with van der Waals surface area (Å²) in [5.41, 5.74) is -0.213. The van der Waals surface area contributed by atoms with Crippen LogP contribution in [-0.4, -0.2) is 43.0 Å². The maximum absolute atomic E-state index is 13.3. The molecule has 14 heavy (non-hydrogen) atoms. The number of hydrogen-bond acceptors (Lipinski definition) is 2. The lowest BCUT2D eigenvalue weighted by Gasteiger charge is -2.34. The molecule has 0 fully saturated rings. The van der Waals surface area contributed by atoms with Gasteiger partial charge in [0.05, 0.1) is 13.1 Å². The van der Waals surface area contributed by atoms with Gasteiger partial charge in [0.1, 0.15) is 0 Å². The SMILES string of the molecule is CCNCC(F)(F)CN(C)C(C)(C)C. The number of nitrogens with one attached hydrogen (secondary N) is 1. The molecule has 0 aliphatic rings. The number of hydrogen-bond donors (Lipinski definition) is 1. The number of nitrogens with zero attached hydrogens (tertiary/aromatic N) is 1. The molecule has 0 atom stereocenters. The van der Waals surface area contributed by atoms with Crippen molar-refractivity contribution in [3.8, 4) is 0 Å². The van der Waals surface area contributed by atoms with E-state index < -0.39 is 5.92 Å². The van der Waals surface area contributed by atoms with E-state index in [4.69, 9.17) is 0 Å². The van der Waals surface area contributed by atoms with Gasteiger partial charge < -0.3 is 5.32 Å². The Hall–Kier alpha value is -0.220. The molecule has 2 nitrogen and oxygen atoms in total. The first-order chi connectivity index (χ1) is 6.19. The highest BCUT2D eigenvalue weighted by Crippen LogP contribution is 2.19. The largest absolute Gasteiger partial charge is 0.311 e. The molecule has 0 spiro atoms. The van der Waals surface area contributed by atoms with Gasteiger partial charge in [0, 0.05) is 5.54 Å². The monoisotopic (exact) mass is 208 g/mol. The van der Waals surface area contributed by atoms with Gasteiger partial charge in [-0.25, -0.2) is 8.78 Å². The zero-order valence-corrected chi connectivity index (χ0v) is 9.82. The first-order valence-corrected chi connectivity index (χ1v) is 4.99. The van der Waals surface area contributed by atoms with Gasteiger partial charge in [-0.05, 0) is 34.4 Å². The summed E-state index contributed by atoms with van der Waals surface area (Å²) in [6.07, 6.45) is 0. The van der Waals surface area contributed by atoms with Gasteiger partial charge in [0.15, 0.2) is 0 Å². The molecule has 0 saturated heterocycles. The van der Waals surface area contributed by atoms with Crippen LogP contribution in [0.15, 0.2) is 0 Å². The Labute approximate surface area is 85.7 Å². The zero-order chi connectivity index (χ0) is 11.4. The van der Waals surface area contributed by atoms with Gasteiger partial charge in [-0.15, -0.1) is 0 Å². The number of rotatable bonds is 5. The highest BCUT2D eigenvalue weighted by atomic mass is 19.3. The highest BCUT2D eigenvalue weighted by molar-refractivity contribution is 4.80. The molecular formula is C10H22F2N2. The van der Waals surface area contributed by atoms with Gasteiger partial charge in [0.2, 0.25) is 0 Å². The van der Waals surface area contributed by atoms with E-state index in [-0.39, 0.29) is 18.6 Å². The van der Waals surface area contributed by atoms with Crippen LogP contribution in [0.25, 0.3) is 0 Å². The van der Waals surface area contributed by atoms with Gasteiger partial charge in [-0.3, -0.25) is 4.90 Å². The van der Waals surface area contributed by atoms with E-state index in [1.807, 2.05) is 27.7 Å². The quantitative estimate of drug-likeness (QED) is 0.743. The Bertz CT molecular complexity index is 164. The van der Waals surface area contributed by atoms with Crippen molar-refractivity contribution in [2.24, 2.45) is 0 Å². The van der Waals surface area contributed by atoms with Crippen LogP contribution >= 0.6 is 0 Å². The predicted molar refractivity (Wildman–Crippen MR) is 55.9 cm³/mol. The standard InChI is InChI=1S/C10H22F2N2/c1-6-13-7-10(11,12)8-14(5)9(2,3)4/h13H,6-8H2,1-5H3. The number of alkyl halides is 2. The summed E-state index contributed by atoms with van der Waals surface area (Å²) >= 11 is 0. The Morgan fingerprint density at radius 1 is 1.21 bits per heavy atom. The summed E-state index contributed by atoms with van der Waals surface area (Å²) in [5, 5.41) is 2.67. The average Bonchev–Trinajstić information content (AvgIpc) is 1.98. The van der Waals surface area contributed by atoms with Crippen LogP contribution in [0.1, 0.15) is 27.7 Å². The van der Waals surface area contributed by atoms with Gasteiger partial charge in [-0.1, -0.05) is 6.92 Å². The second-order valence-corrected chi connectivity index (χ2v) is 4.66. The third-order valence-corrected chi connectivity index (χ3v) is 2.25. The van der Waals surface area contributed by atoms with E-state index in [0.717, 1.165) is 0 Å². The van der Waals surface area contributed by atoms with Crippen molar-refractivity contribution in [2.45, 2.75) is 39.2 Å². The van der Waals surface area contributed by atoms with E-state index in [2.05, 4.69) is 5.32 Å². The molecule has 4 heteroatoms. The fourth-order valence-corrected chi connectivity index (χ4v) is 0.948. The molecule has 1 N–H and O–H groups in total. The molecule has 0 unspecified atom stereocenters. The molecule has 86 valence electrons. The minimum absolute atomic E-state index is 0.205. The Balaban J connectivity index is 4.08. The molecule has 0 rings (SSSR count). The maximum atomic E-state index is 13.3. The maximum Gasteiger partial charge on any atom is 0.272 e. The Morgan fingerprint density at radius 2 is 1.71 bits per heavy atom. The molecule has 0 radical (unpaired) electrons. The van der Waals surface area contributed by atoms with E-state index in [1.54, 1.807) is 11.9 Å². The van der Waals surface area contributed by atoms with Crippen LogP contribution in [0.5, 0.6) is 0 Å². The summed E-state index contributed by atoms with van der Waals surface area (Å²) in [7, 11) is 1.72. The molecule has 0 amide bonds. The topological polar surface area (TPSA) is 15.3 Å². The van der Waals surface area contributed by atoms with E-state index in [9.17, 15) is 8.78 Å². The number of halogens is 2. The van der Waals surface area contributed by atoms with Crippen molar-refractivity contribution in [1.82, 2.24) is 10.2 Å². The van der Waals surface area contributed by atoms with E-state index in [0.29, 0.717) is 6.54 Å². The molecule has 0 aliphatic carbocycles. The van der Waals surface area contributed by atoms with Crippen molar-refractivity contribution >= 4 is 0 Å². The van der Waals surface area contributed by atoms with Crippen LogP contribution in [-0.2, 0) is 0 Å². The fourth-order valence-electron chi connectivity index (χ4n) is 0.948. The summed E-state index contributed by atoms with van der Waals surface area (Å²) in [4.78, 5) is 1.67. The second-order valence-electron chi connectivity index (χ2n) is 4.66. The lowest BCUT2D eigenvalue weighted by Crippen LogP contribution is -2.48. The lowest BCUT2D eigenvalue weighted by molar-refractivity contribution is -0.0428. The van der Waals surface area contributed by atoms with Gasteiger partial charge in [0.25, 0.3) is 5.92 Å².